The molecule has 0 aromatic carbocycles. The summed E-state index contributed by atoms with van der Waals surface area (Å²) in [7, 11) is 0. The minimum atomic E-state index is -0.361. The molecule has 6 heteroatoms. The van der Waals surface area contributed by atoms with Gasteiger partial charge < -0.3 is 10.3 Å². The second kappa shape index (κ2) is 6.01. The molecule has 0 atom stereocenters. The first kappa shape index (κ1) is 13.7. The standard InChI is InChI=1S/C16H12N4O2/c21-15(12-3-7-18-8-4-12)20-14-9-13(10-19-16(14)22)11-1-5-17-6-2-11/h1-10H,(H,19,22)(H,20,21). The Labute approximate surface area is 125 Å². The number of rotatable bonds is 3. The topological polar surface area (TPSA) is 87.7 Å². The minimum absolute atomic E-state index is 0.191. The van der Waals surface area contributed by atoms with Crippen LogP contribution in [0.4, 0.5) is 5.69 Å². The summed E-state index contributed by atoms with van der Waals surface area (Å²) in [4.78, 5) is 34.4. The third-order valence-electron chi connectivity index (χ3n) is 3.11. The van der Waals surface area contributed by atoms with Crippen LogP contribution < -0.4 is 10.9 Å². The predicted octanol–water partition coefficient (Wildman–Crippen LogP) is 2.08. The molecule has 22 heavy (non-hydrogen) atoms. The lowest BCUT2D eigenvalue weighted by atomic mass is 10.1. The highest BCUT2D eigenvalue weighted by Crippen LogP contribution is 2.18. The number of anilines is 1. The maximum atomic E-state index is 12.1. The van der Waals surface area contributed by atoms with E-state index in [0.29, 0.717) is 5.56 Å². The summed E-state index contributed by atoms with van der Waals surface area (Å²) in [6.07, 6.45) is 7.96. The zero-order valence-corrected chi connectivity index (χ0v) is 11.5. The van der Waals surface area contributed by atoms with E-state index in [1.807, 2.05) is 12.1 Å². The zero-order chi connectivity index (χ0) is 15.4. The fraction of sp³-hybridized carbons (Fsp3) is 0. The molecule has 108 valence electrons. The highest BCUT2D eigenvalue weighted by molar-refractivity contribution is 6.04. The van der Waals surface area contributed by atoms with E-state index < -0.39 is 0 Å². The van der Waals surface area contributed by atoms with Gasteiger partial charge in [-0.15, -0.1) is 0 Å². The average Bonchev–Trinajstić information content (AvgIpc) is 2.58. The first-order valence-corrected chi connectivity index (χ1v) is 6.58. The van der Waals surface area contributed by atoms with Gasteiger partial charge in [-0.3, -0.25) is 19.6 Å². The van der Waals surface area contributed by atoms with E-state index >= 15 is 0 Å². The van der Waals surface area contributed by atoms with Crippen molar-refractivity contribution in [3.05, 3.63) is 77.2 Å². The van der Waals surface area contributed by atoms with Gasteiger partial charge in [-0.2, -0.15) is 0 Å². The Morgan fingerprint density at radius 3 is 2.27 bits per heavy atom. The Kier molecular flexibility index (Phi) is 3.74. The predicted molar refractivity (Wildman–Crippen MR) is 82.5 cm³/mol. The van der Waals surface area contributed by atoms with Gasteiger partial charge in [0.05, 0.1) is 0 Å². The van der Waals surface area contributed by atoms with Crippen molar-refractivity contribution in [3.63, 3.8) is 0 Å². The van der Waals surface area contributed by atoms with Crippen LogP contribution in [-0.4, -0.2) is 20.9 Å². The Bertz CT molecular complexity index is 845. The summed E-state index contributed by atoms with van der Waals surface area (Å²) < 4.78 is 0. The molecule has 0 aliphatic carbocycles. The summed E-state index contributed by atoms with van der Waals surface area (Å²) >= 11 is 0. The second-order valence-corrected chi connectivity index (χ2v) is 4.56. The highest BCUT2D eigenvalue weighted by Gasteiger charge is 2.09. The quantitative estimate of drug-likeness (QED) is 0.773. The van der Waals surface area contributed by atoms with Crippen molar-refractivity contribution < 1.29 is 4.79 Å². The number of hydrogen-bond donors (Lipinski definition) is 2. The van der Waals surface area contributed by atoms with Crippen LogP contribution >= 0.6 is 0 Å². The Hall–Kier alpha value is -3.28. The normalized spacial score (nSPS) is 10.2. The van der Waals surface area contributed by atoms with E-state index in [9.17, 15) is 9.59 Å². The molecule has 0 fully saturated rings. The minimum Gasteiger partial charge on any atom is -0.327 e. The smallest absolute Gasteiger partial charge is 0.271 e. The first-order valence-electron chi connectivity index (χ1n) is 6.58. The molecular formula is C16H12N4O2. The maximum absolute atomic E-state index is 12.1. The van der Waals surface area contributed by atoms with Crippen molar-refractivity contribution in [1.29, 1.82) is 0 Å². The van der Waals surface area contributed by atoms with E-state index in [1.54, 1.807) is 36.8 Å². The second-order valence-electron chi connectivity index (χ2n) is 4.56. The van der Waals surface area contributed by atoms with Crippen molar-refractivity contribution in [2.45, 2.75) is 0 Å². The summed E-state index contributed by atoms with van der Waals surface area (Å²) in [5.74, 6) is -0.361. The van der Waals surface area contributed by atoms with Gasteiger partial charge in [0.15, 0.2) is 0 Å². The van der Waals surface area contributed by atoms with Crippen LogP contribution in [0.3, 0.4) is 0 Å². The van der Waals surface area contributed by atoms with Crippen LogP contribution in [0.2, 0.25) is 0 Å². The van der Waals surface area contributed by atoms with Crippen molar-refractivity contribution in [2.24, 2.45) is 0 Å². The lowest BCUT2D eigenvalue weighted by Crippen LogP contribution is -2.19. The van der Waals surface area contributed by atoms with Crippen molar-refractivity contribution in [3.8, 4) is 11.1 Å². The number of H-pyrrole nitrogens is 1. The molecule has 0 radical (unpaired) electrons. The number of nitrogens with one attached hydrogen (secondary N) is 2. The lowest BCUT2D eigenvalue weighted by molar-refractivity contribution is 0.102. The number of hydrogen-bond acceptors (Lipinski definition) is 4. The van der Waals surface area contributed by atoms with Gasteiger partial charge in [-0.05, 0) is 35.9 Å². The van der Waals surface area contributed by atoms with Crippen LogP contribution in [0.5, 0.6) is 0 Å². The SMILES string of the molecule is O=C(Nc1cc(-c2ccncc2)c[nH]c1=O)c1ccncc1. The van der Waals surface area contributed by atoms with E-state index in [2.05, 4.69) is 20.3 Å². The molecule has 0 aliphatic rings. The van der Waals surface area contributed by atoms with Gasteiger partial charge in [0, 0.05) is 42.1 Å². The van der Waals surface area contributed by atoms with Gasteiger partial charge in [-0.25, -0.2) is 0 Å². The lowest BCUT2D eigenvalue weighted by Gasteiger charge is -2.07. The number of carbonyl (C=O) groups is 1. The summed E-state index contributed by atoms with van der Waals surface area (Å²) in [5.41, 5.74) is 1.94. The van der Waals surface area contributed by atoms with Gasteiger partial charge in [-0.1, -0.05) is 0 Å². The van der Waals surface area contributed by atoms with Gasteiger partial charge >= 0.3 is 0 Å². The Morgan fingerprint density at radius 2 is 1.59 bits per heavy atom. The van der Waals surface area contributed by atoms with Crippen LogP contribution in [0, 0.1) is 0 Å². The molecule has 0 unspecified atom stereocenters. The molecule has 1 amide bonds. The number of nitrogens with zero attached hydrogens (tertiary/aromatic N) is 2. The fourth-order valence-electron chi connectivity index (χ4n) is 1.99. The molecule has 0 aliphatic heterocycles. The molecule has 3 aromatic rings. The van der Waals surface area contributed by atoms with E-state index in [4.69, 9.17) is 0 Å². The van der Waals surface area contributed by atoms with Crippen LogP contribution in [0.1, 0.15) is 10.4 Å². The number of aromatic amines is 1. The van der Waals surface area contributed by atoms with Crippen LogP contribution in [0.15, 0.2) is 66.1 Å². The largest absolute Gasteiger partial charge is 0.327 e. The monoisotopic (exact) mass is 292 g/mol. The third kappa shape index (κ3) is 2.90. The first-order chi connectivity index (χ1) is 10.7. The maximum Gasteiger partial charge on any atom is 0.271 e. The molecule has 3 aromatic heterocycles. The molecule has 0 bridgehead atoms. The number of pyridine rings is 3. The summed E-state index contributed by atoms with van der Waals surface area (Å²) in [6.45, 7) is 0. The Balaban J connectivity index is 1.91. The molecular weight excluding hydrogens is 280 g/mol. The fourth-order valence-corrected chi connectivity index (χ4v) is 1.99. The number of aromatic nitrogens is 3. The van der Waals surface area contributed by atoms with Crippen molar-refractivity contribution in [2.75, 3.05) is 5.32 Å². The molecule has 3 heterocycles. The van der Waals surface area contributed by atoms with Gasteiger partial charge in [0.2, 0.25) is 0 Å². The molecule has 2 N–H and O–H groups in total. The van der Waals surface area contributed by atoms with E-state index in [0.717, 1.165) is 11.1 Å². The summed E-state index contributed by atoms with van der Waals surface area (Å²) in [6, 6.07) is 8.43. The van der Waals surface area contributed by atoms with Crippen molar-refractivity contribution >= 4 is 11.6 Å². The molecule has 3 rings (SSSR count). The molecule has 0 saturated heterocycles. The third-order valence-corrected chi connectivity index (χ3v) is 3.11. The Morgan fingerprint density at radius 1 is 0.955 bits per heavy atom. The molecule has 0 spiro atoms. The average molecular weight is 292 g/mol. The van der Waals surface area contributed by atoms with Crippen LogP contribution in [0.25, 0.3) is 11.1 Å². The van der Waals surface area contributed by atoms with Gasteiger partial charge in [0.1, 0.15) is 5.69 Å². The van der Waals surface area contributed by atoms with Gasteiger partial charge in [0.25, 0.3) is 11.5 Å². The number of carbonyl (C=O) groups excluding carboxylic acids is 1. The van der Waals surface area contributed by atoms with Crippen LogP contribution in [-0.2, 0) is 0 Å². The molecule has 0 saturated carbocycles. The molecule has 6 nitrogen and oxygen atoms in total. The highest BCUT2D eigenvalue weighted by atomic mass is 16.2. The summed E-state index contributed by atoms with van der Waals surface area (Å²) in [5, 5.41) is 2.61. The van der Waals surface area contributed by atoms with E-state index in [1.165, 1.54) is 12.4 Å². The zero-order valence-electron chi connectivity index (χ0n) is 11.5. The van der Waals surface area contributed by atoms with E-state index in [-0.39, 0.29) is 17.2 Å². The van der Waals surface area contributed by atoms with Crippen molar-refractivity contribution in [1.82, 2.24) is 15.0 Å². The number of amides is 1.